The molecule has 1 aromatic carbocycles. The first kappa shape index (κ1) is 13.6. The Morgan fingerprint density at radius 1 is 1.41 bits per heavy atom. The molecule has 0 bridgehead atoms. The van der Waals surface area contributed by atoms with Crippen molar-refractivity contribution in [2.75, 3.05) is 5.73 Å². The van der Waals surface area contributed by atoms with Gasteiger partial charge in [-0.15, -0.1) is 6.58 Å². The van der Waals surface area contributed by atoms with Crippen LogP contribution in [0.1, 0.15) is 6.92 Å². The zero-order chi connectivity index (χ0) is 13.2. The van der Waals surface area contributed by atoms with Crippen molar-refractivity contribution in [2.45, 2.75) is 17.9 Å². The summed E-state index contributed by atoms with van der Waals surface area (Å²) in [5, 5.41) is 0. The Morgan fingerprint density at radius 3 is 2.29 bits per heavy atom. The number of benzene rings is 1. The summed E-state index contributed by atoms with van der Waals surface area (Å²) in [6, 6.07) is 0.850. The third kappa shape index (κ3) is 3.01. The van der Waals surface area contributed by atoms with Crippen molar-refractivity contribution in [1.29, 1.82) is 0 Å². The van der Waals surface area contributed by atoms with Gasteiger partial charge in [-0.1, -0.05) is 6.08 Å². The molecule has 0 saturated heterocycles. The highest BCUT2D eigenvalue weighted by atomic mass is 32.2. The van der Waals surface area contributed by atoms with Crippen molar-refractivity contribution in [1.82, 2.24) is 4.72 Å². The fourth-order valence-electron chi connectivity index (χ4n) is 1.19. The van der Waals surface area contributed by atoms with E-state index >= 15 is 0 Å². The highest BCUT2D eigenvalue weighted by molar-refractivity contribution is 7.89. The number of rotatable bonds is 4. The van der Waals surface area contributed by atoms with Crippen molar-refractivity contribution >= 4 is 15.7 Å². The van der Waals surface area contributed by atoms with Crippen LogP contribution in [0.2, 0.25) is 0 Å². The Kier molecular flexibility index (Phi) is 3.84. The predicted octanol–water partition coefficient (Wildman–Crippen LogP) is 1.40. The molecule has 0 aliphatic heterocycles. The molecule has 1 aromatic rings. The van der Waals surface area contributed by atoms with Crippen molar-refractivity contribution in [3.8, 4) is 0 Å². The molecule has 0 aliphatic rings. The van der Waals surface area contributed by atoms with Crippen LogP contribution in [0.3, 0.4) is 0 Å². The molecule has 0 saturated carbocycles. The molecule has 94 valence electrons. The fourth-order valence-corrected chi connectivity index (χ4v) is 2.52. The van der Waals surface area contributed by atoms with Gasteiger partial charge in [-0.25, -0.2) is 21.9 Å². The van der Waals surface area contributed by atoms with Crippen LogP contribution < -0.4 is 10.5 Å². The molecule has 0 amide bonds. The Morgan fingerprint density at radius 2 is 1.88 bits per heavy atom. The largest absolute Gasteiger partial charge is 0.399 e. The van der Waals surface area contributed by atoms with Gasteiger partial charge in [0.25, 0.3) is 0 Å². The third-order valence-electron chi connectivity index (χ3n) is 1.98. The van der Waals surface area contributed by atoms with Gasteiger partial charge in [-0.05, 0) is 19.1 Å². The number of anilines is 1. The molecule has 0 radical (unpaired) electrons. The second kappa shape index (κ2) is 4.80. The summed E-state index contributed by atoms with van der Waals surface area (Å²) in [4.78, 5) is -1.04. The first-order chi connectivity index (χ1) is 7.77. The van der Waals surface area contributed by atoms with E-state index in [0.717, 1.165) is 12.1 Å². The lowest BCUT2D eigenvalue weighted by Gasteiger charge is -2.11. The molecule has 0 fully saturated rings. The van der Waals surface area contributed by atoms with E-state index in [1.807, 2.05) is 0 Å². The first-order valence-corrected chi connectivity index (χ1v) is 6.15. The van der Waals surface area contributed by atoms with Crippen molar-refractivity contribution in [3.05, 3.63) is 36.4 Å². The summed E-state index contributed by atoms with van der Waals surface area (Å²) >= 11 is 0. The van der Waals surface area contributed by atoms with E-state index in [4.69, 9.17) is 5.73 Å². The highest BCUT2D eigenvalue weighted by Crippen LogP contribution is 2.21. The summed E-state index contributed by atoms with van der Waals surface area (Å²) < 4.78 is 52.2. The molecule has 0 heterocycles. The first-order valence-electron chi connectivity index (χ1n) is 4.67. The van der Waals surface area contributed by atoms with Gasteiger partial charge in [0, 0.05) is 11.7 Å². The van der Waals surface area contributed by atoms with Crippen LogP contribution in [0.5, 0.6) is 0 Å². The quantitative estimate of drug-likeness (QED) is 0.636. The van der Waals surface area contributed by atoms with Crippen LogP contribution in [-0.4, -0.2) is 14.5 Å². The molecule has 1 rings (SSSR count). The van der Waals surface area contributed by atoms with E-state index in [1.165, 1.54) is 13.0 Å². The minimum absolute atomic E-state index is 0.185. The smallest absolute Gasteiger partial charge is 0.246 e. The molecule has 1 unspecified atom stereocenters. The highest BCUT2D eigenvalue weighted by Gasteiger charge is 2.25. The number of hydrogen-bond acceptors (Lipinski definition) is 3. The molecule has 0 spiro atoms. The van der Waals surface area contributed by atoms with Gasteiger partial charge < -0.3 is 5.73 Å². The van der Waals surface area contributed by atoms with Gasteiger partial charge in [0.1, 0.15) is 11.6 Å². The van der Waals surface area contributed by atoms with Crippen LogP contribution in [0.4, 0.5) is 14.5 Å². The van der Waals surface area contributed by atoms with Gasteiger partial charge in [-0.3, -0.25) is 0 Å². The number of nitrogens with one attached hydrogen (secondary N) is 1. The lowest BCUT2D eigenvalue weighted by molar-refractivity contribution is 0.513. The Hall–Kier alpha value is -1.47. The second-order valence-electron chi connectivity index (χ2n) is 3.46. The van der Waals surface area contributed by atoms with E-state index in [-0.39, 0.29) is 5.69 Å². The topological polar surface area (TPSA) is 72.2 Å². The fraction of sp³-hybridized carbons (Fsp3) is 0.200. The third-order valence-corrected chi connectivity index (χ3v) is 3.59. The summed E-state index contributed by atoms with van der Waals surface area (Å²) in [7, 11) is -4.28. The van der Waals surface area contributed by atoms with Gasteiger partial charge in [0.2, 0.25) is 10.0 Å². The molecule has 0 aliphatic carbocycles. The normalized spacial score (nSPS) is 13.4. The predicted molar refractivity (Wildman–Crippen MR) is 60.8 cm³/mol. The minimum atomic E-state index is -4.28. The Balaban J connectivity index is 3.29. The van der Waals surface area contributed by atoms with E-state index in [2.05, 4.69) is 11.3 Å². The van der Waals surface area contributed by atoms with E-state index in [0.29, 0.717) is 0 Å². The summed E-state index contributed by atoms with van der Waals surface area (Å²) in [6.45, 7) is 4.85. The van der Waals surface area contributed by atoms with Gasteiger partial charge in [-0.2, -0.15) is 0 Å². The average molecular weight is 262 g/mol. The maximum atomic E-state index is 13.4. The monoisotopic (exact) mass is 262 g/mol. The average Bonchev–Trinajstić information content (AvgIpc) is 2.14. The molecular weight excluding hydrogens is 250 g/mol. The zero-order valence-electron chi connectivity index (χ0n) is 9.07. The van der Waals surface area contributed by atoms with Crippen LogP contribution in [0.25, 0.3) is 0 Å². The van der Waals surface area contributed by atoms with Crippen LogP contribution >= 0.6 is 0 Å². The molecule has 17 heavy (non-hydrogen) atoms. The second-order valence-corrected chi connectivity index (χ2v) is 5.11. The number of hydrogen-bond donors (Lipinski definition) is 2. The standard InChI is InChI=1S/C10H12F2N2O2S/c1-3-6(2)14-17(15,16)10-8(11)4-7(13)5-9(10)12/h3-6,14H,1,13H2,2H3. The van der Waals surface area contributed by atoms with E-state index in [9.17, 15) is 17.2 Å². The maximum absolute atomic E-state index is 13.4. The minimum Gasteiger partial charge on any atom is -0.399 e. The number of halogens is 2. The van der Waals surface area contributed by atoms with Crippen LogP contribution in [0.15, 0.2) is 29.7 Å². The lowest BCUT2D eigenvalue weighted by Crippen LogP contribution is -2.32. The number of sulfonamides is 1. The van der Waals surface area contributed by atoms with E-state index < -0.39 is 32.6 Å². The number of nitrogens with two attached hydrogens (primary N) is 1. The Bertz CT molecular complexity index is 520. The van der Waals surface area contributed by atoms with Crippen LogP contribution in [0, 0.1) is 11.6 Å². The van der Waals surface area contributed by atoms with Gasteiger partial charge >= 0.3 is 0 Å². The zero-order valence-corrected chi connectivity index (χ0v) is 9.89. The Labute approximate surface area is 98.2 Å². The van der Waals surface area contributed by atoms with Gasteiger partial charge in [0.05, 0.1) is 0 Å². The summed E-state index contributed by atoms with van der Waals surface area (Å²) in [5.41, 5.74) is 5.00. The van der Waals surface area contributed by atoms with Crippen molar-refractivity contribution < 1.29 is 17.2 Å². The molecule has 3 N–H and O–H groups in total. The summed E-state index contributed by atoms with van der Waals surface area (Å²) in [6.07, 6.45) is 1.30. The molecular formula is C10H12F2N2O2S. The molecule has 7 heteroatoms. The number of nitrogen functional groups attached to an aromatic ring is 1. The van der Waals surface area contributed by atoms with E-state index in [1.54, 1.807) is 0 Å². The van der Waals surface area contributed by atoms with Crippen LogP contribution in [-0.2, 0) is 10.0 Å². The lowest BCUT2D eigenvalue weighted by atomic mass is 10.3. The van der Waals surface area contributed by atoms with Crippen molar-refractivity contribution in [3.63, 3.8) is 0 Å². The van der Waals surface area contributed by atoms with Gasteiger partial charge in [0.15, 0.2) is 4.90 Å². The molecule has 0 aromatic heterocycles. The molecule has 1 atom stereocenters. The maximum Gasteiger partial charge on any atom is 0.246 e. The SMILES string of the molecule is C=CC(C)NS(=O)(=O)c1c(F)cc(N)cc1F. The van der Waals surface area contributed by atoms with Crippen molar-refractivity contribution in [2.24, 2.45) is 0 Å². The summed E-state index contributed by atoms with van der Waals surface area (Å²) in [5.74, 6) is -2.46. The molecule has 4 nitrogen and oxygen atoms in total.